The lowest BCUT2D eigenvalue weighted by Gasteiger charge is -2.11. The van der Waals surface area contributed by atoms with Gasteiger partial charge in [-0.05, 0) is 34.5 Å². The Bertz CT molecular complexity index is 323. The van der Waals surface area contributed by atoms with E-state index in [2.05, 4.69) is 15.9 Å². The topological polar surface area (TPSA) is 49.7 Å². The minimum Gasteiger partial charge on any atom is -0.506 e. The van der Waals surface area contributed by atoms with E-state index < -0.39 is 0 Å². The maximum atomic E-state index is 9.55. The van der Waals surface area contributed by atoms with E-state index in [1.165, 1.54) is 7.11 Å². The van der Waals surface area contributed by atoms with Crippen LogP contribution in [0.4, 0.5) is 0 Å². The van der Waals surface area contributed by atoms with E-state index in [0.717, 1.165) is 5.56 Å². The molecule has 1 rings (SSSR count). The van der Waals surface area contributed by atoms with Crippen LogP contribution in [0.5, 0.6) is 11.5 Å². The van der Waals surface area contributed by atoms with Crippen molar-refractivity contribution in [2.75, 3.05) is 7.11 Å². The Morgan fingerprint density at radius 3 is 2.62 bits per heavy atom. The SMILES string of the molecule is COc1c(C)cc(CO)c(O)c1Br. The molecule has 0 fully saturated rings. The van der Waals surface area contributed by atoms with E-state index in [9.17, 15) is 5.11 Å². The fourth-order valence-corrected chi connectivity index (χ4v) is 1.92. The lowest BCUT2D eigenvalue weighted by Crippen LogP contribution is -1.93. The Balaban J connectivity index is 3.37. The van der Waals surface area contributed by atoms with Crippen molar-refractivity contribution in [3.8, 4) is 11.5 Å². The highest BCUT2D eigenvalue weighted by Crippen LogP contribution is 2.38. The van der Waals surface area contributed by atoms with Crippen LogP contribution in [0.25, 0.3) is 0 Å². The zero-order valence-electron chi connectivity index (χ0n) is 7.47. The third kappa shape index (κ3) is 1.78. The fourth-order valence-electron chi connectivity index (χ4n) is 1.19. The van der Waals surface area contributed by atoms with Crippen molar-refractivity contribution in [2.45, 2.75) is 13.5 Å². The minimum absolute atomic E-state index is 0.0324. The van der Waals surface area contributed by atoms with Crippen LogP contribution in [0.3, 0.4) is 0 Å². The van der Waals surface area contributed by atoms with Gasteiger partial charge in [-0.3, -0.25) is 0 Å². The first-order valence-electron chi connectivity index (χ1n) is 3.77. The summed E-state index contributed by atoms with van der Waals surface area (Å²) in [6.45, 7) is 1.66. The summed E-state index contributed by atoms with van der Waals surface area (Å²) < 4.78 is 5.55. The second-order valence-electron chi connectivity index (χ2n) is 2.71. The molecule has 0 saturated carbocycles. The predicted molar refractivity (Wildman–Crippen MR) is 53.0 cm³/mol. The van der Waals surface area contributed by atoms with Gasteiger partial charge in [0.05, 0.1) is 13.7 Å². The van der Waals surface area contributed by atoms with Crippen molar-refractivity contribution in [3.63, 3.8) is 0 Å². The second kappa shape index (κ2) is 3.98. The first-order chi connectivity index (χ1) is 6.11. The van der Waals surface area contributed by atoms with Gasteiger partial charge >= 0.3 is 0 Å². The van der Waals surface area contributed by atoms with E-state index in [1.807, 2.05) is 6.92 Å². The molecule has 72 valence electrons. The van der Waals surface area contributed by atoms with Crippen LogP contribution in [0.2, 0.25) is 0 Å². The van der Waals surface area contributed by atoms with E-state index in [-0.39, 0.29) is 12.4 Å². The van der Waals surface area contributed by atoms with Gasteiger partial charge < -0.3 is 14.9 Å². The van der Waals surface area contributed by atoms with E-state index in [4.69, 9.17) is 9.84 Å². The molecule has 0 aliphatic rings. The van der Waals surface area contributed by atoms with Crippen LogP contribution in [-0.4, -0.2) is 17.3 Å². The molecule has 0 saturated heterocycles. The molecule has 0 aliphatic carbocycles. The van der Waals surface area contributed by atoms with E-state index >= 15 is 0 Å². The quantitative estimate of drug-likeness (QED) is 0.839. The Morgan fingerprint density at radius 2 is 2.15 bits per heavy atom. The van der Waals surface area contributed by atoms with Gasteiger partial charge in [-0.2, -0.15) is 0 Å². The monoisotopic (exact) mass is 246 g/mol. The third-order valence-corrected chi connectivity index (χ3v) is 2.57. The summed E-state index contributed by atoms with van der Waals surface area (Å²) >= 11 is 3.20. The van der Waals surface area contributed by atoms with Crippen LogP contribution >= 0.6 is 15.9 Å². The highest BCUT2D eigenvalue weighted by Gasteiger charge is 2.13. The van der Waals surface area contributed by atoms with Gasteiger partial charge in [0.1, 0.15) is 16.0 Å². The van der Waals surface area contributed by atoms with E-state index in [1.54, 1.807) is 6.07 Å². The minimum atomic E-state index is -0.185. The molecule has 0 unspecified atom stereocenters. The van der Waals surface area contributed by atoms with Gasteiger partial charge in [-0.1, -0.05) is 0 Å². The molecule has 1 aromatic carbocycles. The summed E-state index contributed by atoms with van der Waals surface area (Å²) in [5, 5.41) is 18.5. The first-order valence-corrected chi connectivity index (χ1v) is 4.57. The lowest BCUT2D eigenvalue weighted by atomic mass is 10.1. The Morgan fingerprint density at radius 1 is 1.54 bits per heavy atom. The number of halogens is 1. The number of phenols is 1. The van der Waals surface area contributed by atoms with Crippen molar-refractivity contribution in [1.29, 1.82) is 0 Å². The summed E-state index contributed by atoms with van der Waals surface area (Å²) in [4.78, 5) is 0. The molecular formula is C9H11BrO3. The number of benzene rings is 1. The van der Waals surface area contributed by atoms with Crippen molar-refractivity contribution in [2.24, 2.45) is 0 Å². The highest BCUT2D eigenvalue weighted by atomic mass is 79.9. The number of hydrogen-bond acceptors (Lipinski definition) is 3. The van der Waals surface area contributed by atoms with Gasteiger partial charge in [0.2, 0.25) is 0 Å². The number of aryl methyl sites for hydroxylation is 1. The molecule has 13 heavy (non-hydrogen) atoms. The first kappa shape index (κ1) is 10.3. The largest absolute Gasteiger partial charge is 0.506 e. The molecule has 2 N–H and O–H groups in total. The molecule has 0 amide bonds. The Hall–Kier alpha value is -0.740. The summed E-state index contributed by atoms with van der Waals surface area (Å²) in [7, 11) is 1.53. The zero-order chi connectivity index (χ0) is 10.0. The van der Waals surface area contributed by atoms with Crippen LogP contribution in [0, 0.1) is 6.92 Å². The molecule has 0 atom stereocenters. The third-order valence-electron chi connectivity index (χ3n) is 1.83. The second-order valence-corrected chi connectivity index (χ2v) is 3.50. The van der Waals surface area contributed by atoms with Gasteiger partial charge in [0.15, 0.2) is 0 Å². The average Bonchev–Trinajstić information content (AvgIpc) is 2.12. The van der Waals surface area contributed by atoms with E-state index in [0.29, 0.717) is 15.8 Å². The van der Waals surface area contributed by atoms with Crippen LogP contribution in [0.1, 0.15) is 11.1 Å². The molecule has 4 heteroatoms. The van der Waals surface area contributed by atoms with Crippen LogP contribution in [-0.2, 0) is 6.61 Å². The number of aliphatic hydroxyl groups excluding tert-OH is 1. The predicted octanol–water partition coefficient (Wildman–Crippen LogP) is 1.96. The number of ether oxygens (including phenoxy) is 1. The van der Waals surface area contributed by atoms with Gasteiger partial charge in [0.25, 0.3) is 0 Å². The molecule has 0 aromatic heterocycles. The van der Waals surface area contributed by atoms with Crippen molar-refractivity contribution in [1.82, 2.24) is 0 Å². The molecule has 3 nitrogen and oxygen atoms in total. The zero-order valence-corrected chi connectivity index (χ0v) is 9.05. The molecular weight excluding hydrogens is 236 g/mol. The number of rotatable bonds is 2. The van der Waals surface area contributed by atoms with Crippen LogP contribution < -0.4 is 4.74 Å². The summed E-state index contributed by atoms with van der Waals surface area (Å²) in [6, 6.07) is 1.69. The molecule has 0 aliphatic heterocycles. The van der Waals surface area contributed by atoms with Crippen LogP contribution in [0.15, 0.2) is 10.5 Å². The summed E-state index contributed by atoms with van der Waals surface area (Å²) in [5.41, 5.74) is 1.36. The number of methoxy groups -OCH3 is 1. The maximum Gasteiger partial charge on any atom is 0.139 e. The Labute approximate surface area is 85.1 Å². The van der Waals surface area contributed by atoms with Crippen molar-refractivity contribution in [3.05, 3.63) is 21.7 Å². The molecule has 0 bridgehead atoms. The number of aromatic hydroxyl groups is 1. The standard InChI is InChI=1S/C9H11BrO3/c1-5-3-6(4-11)8(12)7(10)9(5)13-2/h3,11-12H,4H2,1-2H3. The summed E-state index contributed by atoms with van der Waals surface area (Å²) in [5.74, 6) is 0.625. The molecule has 1 aromatic rings. The normalized spacial score (nSPS) is 10.2. The fraction of sp³-hybridized carbons (Fsp3) is 0.333. The van der Waals surface area contributed by atoms with Gasteiger partial charge in [-0.25, -0.2) is 0 Å². The number of aliphatic hydroxyl groups is 1. The molecule has 0 heterocycles. The Kier molecular flexibility index (Phi) is 3.17. The smallest absolute Gasteiger partial charge is 0.139 e. The van der Waals surface area contributed by atoms with Crippen molar-refractivity contribution >= 4 is 15.9 Å². The van der Waals surface area contributed by atoms with Crippen molar-refractivity contribution < 1.29 is 14.9 Å². The lowest BCUT2D eigenvalue weighted by molar-refractivity contribution is 0.274. The number of hydrogen-bond donors (Lipinski definition) is 2. The highest BCUT2D eigenvalue weighted by molar-refractivity contribution is 9.10. The molecule has 0 spiro atoms. The van der Waals surface area contributed by atoms with Gasteiger partial charge in [-0.15, -0.1) is 0 Å². The van der Waals surface area contributed by atoms with Gasteiger partial charge in [0, 0.05) is 5.56 Å². The maximum absolute atomic E-state index is 9.55. The summed E-state index contributed by atoms with van der Waals surface area (Å²) in [6.07, 6.45) is 0. The average molecular weight is 247 g/mol. The molecule has 0 radical (unpaired) electrons.